The molecule has 0 fully saturated rings. The van der Waals surface area contributed by atoms with Gasteiger partial charge in [-0.2, -0.15) is 5.26 Å². The molecule has 1 unspecified atom stereocenters. The number of nitrogens with one attached hydrogen (secondary N) is 1. The van der Waals surface area contributed by atoms with Crippen molar-refractivity contribution in [3.63, 3.8) is 0 Å². The Hall–Kier alpha value is -4.42. The van der Waals surface area contributed by atoms with Gasteiger partial charge in [-0.1, -0.05) is 24.3 Å². The third-order valence-electron chi connectivity index (χ3n) is 5.85. The molecule has 1 heterocycles. The predicted octanol–water partition coefficient (Wildman–Crippen LogP) is 3.65. The first-order chi connectivity index (χ1) is 16.9. The van der Waals surface area contributed by atoms with Gasteiger partial charge in [0.05, 0.1) is 16.0 Å². The Kier molecular flexibility index (Phi) is 5.81. The van der Waals surface area contributed by atoms with Gasteiger partial charge in [-0.05, 0) is 60.4 Å². The monoisotopic (exact) mass is 485 g/mol. The van der Waals surface area contributed by atoms with Gasteiger partial charge < -0.3 is 15.2 Å². The highest BCUT2D eigenvalue weighted by Gasteiger charge is 2.27. The van der Waals surface area contributed by atoms with Crippen LogP contribution in [-0.2, 0) is 22.2 Å². The number of ether oxygens (including phenoxy) is 2. The highest BCUT2D eigenvalue weighted by atomic mass is 32.2. The zero-order valence-corrected chi connectivity index (χ0v) is 19.1. The number of nitrogens with zero attached hydrogens (tertiary/aromatic N) is 1. The van der Waals surface area contributed by atoms with E-state index in [1.54, 1.807) is 30.3 Å². The maximum Gasteiger partial charge on any atom is 0.257 e. The van der Waals surface area contributed by atoms with Crippen molar-refractivity contribution in [3.8, 4) is 23.3 Å². The first-order valence-corrected chi connectivity index (χ1v) is 11.9. The average molecular weight is 486 g/mol. The van der Waals surface area contributed by atoms with Crippen molar-refractivity contribution >= 4 is 27.7 Å². The van der Waals surface area contributed by atoms with Crippen LogP contribution in [0, 0.1) is 11.3 Å². The molecular formula is C26H19N3O5S. The molecule has 3 aromatic carbocycles. The standard InChI is InChI=1S/C26H19N3O5S/c27-14-16-12-18(8-9-19(16)26(28)31)34-22-3-1-2-20-21(22)10-11-23(20)33-17-6-4-15(5-7-17)24-13-25(30)29-35(24)32/h1-9,12-13,23H,10-11H2,(H2,28,31)(H,29,30)/t23-,35?/m1/s1. The SMILES string of the molecule is N#Cc1cc(Oc2cccc3c2CC[C@H]3Oc2ccc(C3=CC(=O)NS3=O)cc2)ccc1C(N)=O. The lowest BCUT2D eigenvalue weighted by atomic mass is 10.1. The second kappa shape index (κ2) is 9.08. The largest absolute Gasteiger partial charge is 0.486 e. The third kappa shape index (κ3) is 4.39. The van der Waals surface area contributed by atoms with Crippen LogP contribution in [0.5, 0.6) is 17.2 Å². The Morgan fingerprint density at radius 2 is 1.89 bits per heavy atom. The van der Waals surface area contributed by atoms with E-state index in [2.05, 4.69) is 4.72 Å². The van der Waals surface area contributed by atoms with Crippen molar-refractivity contribution in [1.82, 2.24) is 4.72 Å². The molecule has 1 aliphatic heterocycles. The molecular weight excluding hydrogens is 466 g/mol. The van der Waals surface area contributed by atoms with Gasteiger partial charge in [0.1, 0.15) is 29.4 Å². The number of hydrogen-bond donors (Lipinski definition) is 2. The smallest absolute Gasteiger partial charge is 0.257 e. The van der Waals surface area contributed by atoms with Crippen molar-refractivity contribution in [3.05, 3.63) is 94.6 Å². The summed E-state index contributed by atoms with van der Waals surface area (Å²) < 4.78 is 26.6. The molecule has 0 spiro atoms. The molecule has 2 atom stereocenters. The van der Waals surface area contributed by atoms with E-state index in [1.807, 2.05) is 24.3 Å². The Labute approximate surface area is 203 Å². The molecule has 174 valence electrons. The molecule has 2 aliphatic rings. The highest BCUT2D eigenvalue weighted by molar-refractivity contribution is 7.93. The summed E-state index contributed by atoms with van der Waals surface area (Å²) in [6.07, 6.45) is 2.67. The van der Waals surface area contributed by atoms with E-state index >= 15 is 0 Å². The van der Waals surface area contributed by atoms with Crippen molar-refractivity contribution in [2.45, 2.75) is 18.9 Å². The number of fused-ring (bicyclic) bond motifs is 1. The number of primary amides is 1. The van der Waals surface area contributed by atoms with E-state index in [9.17, 15) is 19.1 Å². The number of hydrogen-bond acceptors (Lipinski definition) is 6. The lowest BCUT2D eigenvalue weighted by Crippen LogP contribution is -2.16. The zero-order chi connectivity index (χ0) is 24.5. The third-order valence-corrected chi connectivity index (χ3v) is 6.99. The maximum absolute atomic E-state index is 12.0. The Morgan fingerprint density at radius 1 is 1.11 bits per heavy atom. The quantitative estimate of drug-likeness (QED) is 0.548. The van der Waals surface area contributed by atoms with Gasteiger partial charge in [-0.25, -0.2) is 4.21 Å². The molecule has 8 nitrogen and oxygen atoms in total. The Bertz CT molecular complexity index is 1460. The number of nitriles is 1. The number of carbonyl (C=O) groups excluding carboxylic acids is 2. The molecule has 0 radical (unpaired) electrons. The van der Waals surface area contributed by atoms with Gasteiger partial charge in [-0.3, -0.25) is 14.3 Å². The highest BCUT2D eigenvalue weighted by Crippen LogP contribution is 2.41. The van der Waals surface area contributed by atoms with Crippen molar-refractivity contribution in [2.24, 2.45) is 5.73 Å². The molecule has 9 heteroatoms. The summed E-state index contributed by atoms with van der Waals surface area (Å²) >= 11 is 0. The first kappa shape index (κ1) is 22.4. The molecule has 35 heavy (non-hydrogen) atoms. The van der Waals surface area contributed by atoms with Gasteiger partial charge in [0.25, 0.3) is 5.91 Å². The zero-order valence-electron chi connectivity index (χ0n) is 18.3. The van der Waals surface area contributed by atoms with Crippen LogP contribution in [-0.4, -0.2) is 16.0 Å². The van der Waals surface area contributed by atoms with Crippen molar-refractivity contribution in [2.75, 3.05) is 0 Å². The van der Waals surface area contributed by atoms with Crippen LogP contribution in [0.15, 0.2) is 66.7 Å². The molecule has 2 amide bonds. The summed E-state index contributed by atoms with van der Waals surface area (Å²) in [6.45, 7) is 0. The summed E-state index contributed by atoms with van der Waals surface area (Å²) in [5.41, 5.74) is 8.34. The minimum absolute atomic E-state index is 0.149. The van der Waals surface area contributed by atoms with Crippen molar-refractivity contribution in [1.29, 1.82) is 5.26 Å². The van der Waals surface area contributed by atoms with Crippen LogP contribution >= 0.6 is 0 Å². The van der Waals surface area contributed by atoms with E-state index in [-0.39, 0.29) is 23.1 Å². The van der Waals surface area contributed by atoms with E-state index in [4.69, 9.17) is 15.2 Å². The maximum atomic E-state index is 12.0. The minimum Gasteiger partial charge on any atom is -0.486 e. The molecule has 0 bridgehead atoms. The summed E-state index contributed by atoms with van der Waals surface area (Å²) in [4.78, 5) is 23.3. The summed E-state index contributed by atoms with van der Waals surface area (Å²) in [6, 6.07) is 19.4. The van der Waals surface area contributed by atoms with Crippen LogP contribution in [0.3, 0.4) is 0 Å². The second-order valence-electron chi connectivity index (χ2n) is 8.02. The summed E-state index contributed by atoms with van der Waals surface area (Å²) in [5.74, 6) is 0.716. The topological polar surface area (TPSA) is 132 Å². The van der Waals surface area contributed by atoms with Gasteiger partial charge in [0.15, 0.2) is 11.0 Å². The average Bonchev–Trinajstić information content (AvgIpc) is 3.42. The number of benzene rings is 3. The van der Waals surface area contributed by atoms with Crippen LogP contribution < -0.4 is 19.9 Å². The fourth-order valence-electron chi connectivity index (χ4n) is 4.22. The van der Waals surface area contributed by atoms with Gasteiger partial charge in [-0.15, -0.1) is 0 Å². The van der Waals surface area contributed by atoms with E-state index in [0.717, 1.165) is 24.0 Å². The van der Waals surface area contributed by atoms with Crippen LogP contribution in [0.4, 0.5) is 0 Å². The van der Waals surface area contributed by atoms with E-state index in [0.29, 0.717) is 27.7 Å². The molecule has 5 rings (SSSR count). The van der Waals surface area contributed by atoms with E-state index < -0.39 is 16.9 Å². The fraction of sp³-hybridized carbons (Fsp3) is 0.115. The Balaban J connectivity index is 1.34. The van der Waals surface area contributed by atoms with Crippen LogP contribution in [0.1, 0.15) is 45.1 Å². The first-order valence-electron chi connectivity index (χ1n) is 10.8. The van der Waals surface area contributed by atoms with Gasteiger partial charge in [0.2, 0.25) is 5.91 Å². The second-order valence-corrected chi connectivity index (χ2v) is 9.20. The predicted molar refractivity (Wildman–Crippen MR) is 129 cm³/mol. The molecule has 3 N–H and O–H groups in total. The fourth-order valence-corrected chi connectivity index (χ4v) is 5.14. The molecule has 0 saturated heterocycles. The van der Waals surface area contributed by atoms with Crippen LogP contribution in [0.25, 0.3) is 4.91 Å². The summed E-state index contributed by atoms with van der Waals surface area (Å²) in [7, 11) is -1.54. The van der Waals surface area contributed by atoms with E-state index in [1.165, 1.54) is 18.2 Å². The Morgan fingerprint density at radius 3 is 2.57 bits per heavy atom. The molecule has 3 aromatic rings. The normalized spacial score (nSPS) is 18.3. The molecule has 1 aliphatic carbocycles. The molecule has 0 aromatic heterocycles. The lowest BCUT2D eigenvalue weighted by Gasteiger charge is -2.16. The lowest BCUT2D eigenvalue weighted by molar-refractivity contribution is -0.114. The van der Waals surface area contributed by atoms with Gasteiger partial charge >= 0.3 is 0 Å². The number of carbonyl (C=O) groups is 2. The molecule has 0 saturated carbocycles. The summed E-state index contributed by atoms with van der Waals surface area (Å²) in [5, 5.41) is 9.32. The van der Waals surface area contributed by atoms with Gasteiger partial charge in [0, 0.05) is 11.6 Å². The number of amides is 2. The number of rotatable bonds is 6. The minimum atomic E-state index is -1.54. The van der Waals surface area contributed by atoms with Crippen molar-refractivity contribution < 1.29 is 23.3 Å². The number of nitrogens with two attached hydrogens (primary N) is 1. The van der Waals surface area contributed by atoms with Crippen LogP contribution in [0.2, 0.25) is 0 Å².